The number of nitrogens with zero attached hydrogens (tertiary/aromatic N) is 1. The van der Waals surface area contributed by atoms with Crippen LogP contribution in [0.5, 0.6) is 0 Å². The summed E-state index contributed by atoms with van der Waals surface area (Å²) >= 11 is 1.51. The van der Waals surface area contributed by atoms with Gasteiger partial charge in [0.2, 0.25) is 11.8 Å². The van der Waals surface area contributed by atoms with Crippen molar-refractivity contribution in [2.75, 3.05) is 22.1 Å². The van der Waals surface area contributed by atoms with Crippen LogP contribution in [0.3, 0.4) is 0 Å². The highest BCUT2D eigenvalue weighted by molar-refractivity contribution is 7.99. The average molecular weight is 797 g/mol. The predicted molar refractivity (Wildman–Crippen MR) is 229 cm³/mol. The third-order valence-electron chi connectivity index (χ3n) is 9.96. The van der Waals surface area contributed by atoms with Gasteiger partial charge in [-0.25, -0.2) is 4.98 Å². The standard InChI is InChI=1S/C47H48N4O6S/c48-39-17-11-12-18-40(39)50-43(54)20-10-2-1-9-19-42(53)49-37-27-25-36(26-28-37)46-55-38(29-41(56-46)33-23-21-32(30-52)22-24-33)31-58-47-51-44(34-13-5-3-6-14-34)45(57-47)35-15-7-4-8-16-35/h3-8,11-18,21-28,38,41,46,52H,1-2,9-10,19-20,29-31,48H2,(H,49,53)(H,50,54)/t38-,41+,46+/m0/s1. The number of para-hydroxylation sites is 2. The largest absolute Gasteiger partial charge is 0.431 e. The van der Waals surface area contributed by atoms with Crippen molar-refractivity contribution < 1.29 is 28.6 Å². The summed E-state index contributed by atoms with van der Waals surface area (Å²) in [6, 6.07) is 42.6. The number of nitrogens with one attached hydrogen (secondary N) is 2. The number of anilines is 3. The summed E-state index contributed by atoms with van der Waals surface area (Å²) in [4.78, 5) is 30.0. The Balaban J connectivity index is 0.944. The number of nitrogen functional groups attached to an aromatic ring is 1. The Morgan fingerprint density at radius 1 is 0.707 bits per heavy atom. The van der Waals surface area contributed by atoms with Gasteiger partial charge < -0.3 is 35.4 Å². The molecule has 0 bridgehead atoms. The molecule has 1 aromatic heterocycles. The Morgan fingerprint density at radius 3 is 2.00 bits per heavy atom. The number of carbonyl (C=O) groups is 2. The number of rotatable bonds is 17. The minimum Gasteiger partial charge on any atom is -0.431 e. The second kappa shape index (κ2) is 20.1. The summed E-state index contributed by atoms with van der Waals surface area (Å²) in [5, 5.41) is 16.0. The van der Waals surface area contributed by atoms with Crippen LogP contribution in [0.1, 0.15) is 74.0 Å². The molecule has 298 valence electrons. The highest BCUT2D eigenvalue weighted by Crippen LogP contribution is 2.41. The van der Waals surface area contributed by atoms with Crippen molar-refractivity contribution in [1.82, 2.24) is 4.98 Å². The van der Waals surface area contributed by atoms with Crippen molar-refractivity contribution >= 4 is 40.6 Å². The maximum atomic E-state index is 12.8. The number of aromatic nitrogens is 1. The SMILES string of the molecule is Nc1ccccc1NC(=O)CCCCCCC(=O)Nc1ccc([C@@H]2O[C@H](CSc3nc(-c4ccccc4)c(-c4ccccc4)o3)C[C@H](c3ccc(CO)cc3)O2)cc1. The molecule has 1 saturated heterocycles. The van der Waals surface area contributed by atoms with Crippen molar-refractivity contribution in [3.63, 3.8) is 0 Å². The van der Waals surface area contributed by atoms with Crippen molar-refractivity contribution in [3.05, 3.63) is 150 Å². The first-order valence-electron chi connectivity index (χ1n) is 19.7. The number of oxazole rings is 1. The van der Waals surface area contributed by atoms with Gasteiger partial charge in [0.05, 0.1) is 30.2 Å². The van der Waals surface area contributed by atoms with E-state index in [2.05, 4.69) is 10.6 Å². The number of unbranched alkanes of at least 4 members (excludes halogenated alkanes) is 3. The molecule has 7 rings (SSSR count). The van der Waals surface area contributed by atoms with E-state index in [1.54, 1.807) is 12.1 Å². The highest BCUT2D eigenvalue weighted by atomic mass is 32.2. The summed E-state index contributed by atoms with van der Waals surface area (Å²) in [7, 11) is 0. The zero-order valence-corrected chi connectivity index (χ0v) is 33.0. The van der Waals surface area contributed by atoms with Crippen LogP contribution in [0.25, 0.3) is 22.6 Å². The zero-order chi connectivity index (χ0) is 40.1. The zero-order valence-electron chi connectivity index (χ0n) is 32.2. The van der Waals surface area contributed by atoms with Gasteiger partial charge in [-0.15, -0.1) is 0 Å². The molecule has 0 radical (unpaired) electrons. The molecular weight excluding hydrogens is 749 g/mol. The van der Waals surface area contributed by atoms with E-state index in [1.165, 1.54) is 11.8 Å². The highest BCUT2D eigenvalue weighted by Gasteiger charge is 2.33. The second-order valence-electron chi connectivity index (χ2n) is 14.3. The summed E-state index contributed by atoms with van der Waals surface area (Å²) in [5.41, 5.74) is 13.2. The Hall–Kier alpha value is -5.72. The van der Waals surface area contributed by atoms with Gasteiger partial charge in [0.1, 0.15) is 5.69 Å². The molecule has 58 heavy (non-hydrogen) atoms. The Kier molecular flexibility index (Phi) is 14.0. The lowest BCUT2D eigenvalue weighted by molar-refractivity contribution is -0.245. The van der Waals surface area contributed by atoms with Crippen molar-refractivity contribution in [2.45, 2.75) is 75.3 Å². The molecule has 11 heteroatoms. The van der Waals surface area contributed by atoms with E-state index in [4.69, 9.17) is 24.6 Å². The van der Waals surface area contributed by atoms with Gasteiger partial charge in [0.25, 0.3) is 5.22 Å². The van der Waals surface area contributed by atoms with E-state index in [-0.39, 0.29) is 30.6 Å². The first-order chi connectivity index (χ1) is 28.4. The number of ether oxygens (including phenoxy) is 2. The summed E-state index contributed by atoms with van der Waals surface area (Å²) < 4.78 is 19.5. The second-order valence-corrected chi connectivity index (χ2v) is 15.2. The quantitative estimate of drug-likeness (QED) is 0.0402. The summed E-state index contributed by atoms with van der Waals surface area (Å²) in [6.45, 7) is -0.0298. The predicted octanol–water partition coefficient (Wildman–Crippen LogP) is 10.3. The van der Waals surface area contributed by atoms with Crippen LogP contribution in [-0.4, -0.2) is 33.8 Å². The average Bonchev–Trinajstić information content (AvgIpc) is 3.70. The summed E-state index contributed by atoms with van der Waals surface area (Å²) in [6.07, 6.45) is 3.49. The van der Waals surface area contributed by atoms with Crippen LogP contribution in [0.4, 0.5) is 17.1 Å². The molecule has 2 heterocycles. The van der Waals surface area contributed by atoms with Gasteiger partial charge in [-0.1, -0.05) is 134 Å². The van der Waals surface area contributed by atoms with E-state index in [0.29, 0.717) is 47.3 Å². The number of hydrogen-bond acceptors (Lipinski definition) is 9. The molecule has 6 aromatic rings. The molecule has 0 saturated carbocycles. The van der Waals surface area contributed by atoms with Crippen LogP contribution < -0.4 is 16.4 Å². The van der Waals surface area contributed by atoms with E-state index >= 15 is 0 Å². The van der Waals surface area contributed by atoms with Gasteiger partial charge in [0.15, 0.2) is 12.1 Å². The van der Waals surface area contributed by atoms with Crippen LogP contribution >= 0.6 is 11.8 Å². The molecule has 1 aliphatic heterocycles. The van der Waals surface area contributed by atoms with Crippen molar-refractivity contribution in [3.8, 4) is 22.6 Å². The fraction of sp³-hybridized carbons (Fsp3) is 0.255. The summed E-state index contributed by atoms with van der Waals surface area (Å²) in [5.74, 6) is 1.18. The number of aliphatic hydroxyl groups excluding tert-OH is 1. The number of benzene rings is 5. The third kappa shape index (κ3) is 11.0. The van der Waals surface area contributed by atoms with Gasteiger partial charge in [-0.2, -0.15) is 0 Å². The fourth-order valence-electron chi connectivity index (χ4n) is 6.82. The number of hydrogen-bond donors (Lipinski definition) is 4. The number of amides is 2. The number of carbonyl (C=O) groups excluding carboxylic acids is 2. The molecular formula is C47H48N4O6S. The van der Waals surface area contributed by atoms with Crippen molar-refractivity contribution in [2.24, 2.45) is 0 Å². The van der Waals surface area contributed by atoms with Gasteiger partial charge >= 0.3 is 0 Å². The van der Waals surface area contributed by atoms with E-state index < -0.39 is 6.29 Å². The normalized spacial score (nSPS) is 16.5. The molecule has 0 aliphatic carbocycles. The monoisotopic (exact) mass is 796 g/mol. The fourth-order valence-corrected chi connectivity index (χ4v) is 7.66. The molecule has 5 N–H and O–H groups in total. The van der Waals surface area contributed by atoms with Crippen LogP contribution in [0.2, 0.25) is 0 Å². The first kappa shape index (κ1) is 40.5. The third-order valence-corrected chi connectivity index (χ3v) is 10.9. The van der Waals surface area contributed by atoms with E-state index in [0.717, 1.165) is 65.0 Å². The van der Waals surface area contributed by atoms with E-state index in [9.17, 15) is 14.7 Å². The minimum absolute atomic E-state index is 0.0298. The van der Waals surface area contributed by atoms with Crippen molar-refractivity contribution in [1.29, 1.82) is 0 Å². The topological polar surface area (TPSA) is 149 Å². The Morgan fingerprint density at radius 2 is 1.33 bits per heavy atom. The molecule has 2 amide bonds. The molecule has 3 atom stereocenters. The molecule has 1 fully saturated rings. The minimum atomic E-state index is -0.650. The molecule has 0 spiro atoms. The molecule has 5 aromatic carbocycles. The maximum Gasteiger partial charge on any atom is 0.256 e. The smallest absolute Gasteiger partial charge is 0.256 e. The van der Waals surface area contributed by atoms with Crippen LogP contribution in [0.15, 0.2) is 143 Å². The van der Waals surface area contributed by atoms with Crippen LogP contribution in [0, 0.1) is 0 Å². The van der Waals surface area contributed by atoms with Gasteiger partial charge in [-0.05, 0) is 48.2 Å². The lowest BCUT2D eigenvalue weighted by atomic mass is 10.0. The molecule has 0 unspecified atom stereocenters. The number of nitrogens with two attached hydrogens (primary N) is 1. The molecule has 10 nitrogen and oxygen atoms in total. The van der Waals surface area contributed by atoms with Gasteiger partial charge in [0, 0.05) is 47.4 Å². The number of aliphatic hydroxyl groups is 1. The van der Waals surface area contributed by atoms with Gasteiger partial charge in [-0.3, -0.25) is 9.59 Å². The van der Waals surface area contributed by atoms with Crippen LogP contribution in [-0.2, 0) is 25.7 Å². The number of thioether (sulfide) groups is 1. The van der Waals surface area contributed by atoms with E-state index in [1.807, 2.05) is 121 Å². The Labute approximate surface area is 343 Å². The lowest BCUT2D eigenvalue weighted by Crippen LogP contribution is -2.31. The Bertz CT molecular complexity index is 2180. The maximum absolute atomic E-state index is 12.8. The molecule has 1 aliphatic rings. The lowest BCUT2D eigenvalue weighted by Gasteiger charge is -2.36. The first-order valence-corrected chi connectivity index (χ1v) is 20.7.